The molecule has 3 aromatic carbocycles. The zero-order valence-corrected chi connectivity index (χ0v) is 31.5. The van der Waals surface area contributed by atoms with E-state index in [1.54, 1.807) is 32.7 Å². The maximum absolute atomic E-state index is 15.5. The van der Waals surface area contributed by atoms with E-state index in [1.165, 1.54) is 11.6 Å². The quantitative estimate of drug-likeness (QED) is 0.123. The number of nitrogens with one attached hydrogen (secondary N) is 1. The molecule has 1 aliphatic heterocycles. The average molecular weight is 750 g/mol. The lowest BCUT2D eigenvalue weighted by molar-refractivity contribution is -0.148. The summed E-state index contributed by atoms with van der Waals surface area (Å²) < 4.78 is 47.6. The van der Waals surface area contributed by atoms with Crippen LogP contribution in [0.25, 0.3) is 21.9 Å². The number of hydrogen-bond donors (Lipinski definition) is 1. The highest BCUT2D eigenvalue weighted by Gasteiger charge is 2.53. The molecule has 1 fully saturated rings. The molecule has 6 aromatic rings. The molecule has 1 N–H and O–H groups in total. The van der Waals surface area contributed by atoms with Crippen LogP contribution in [0.3, 0.4) is 0 Å². The molecule has 1 saturated heterocycles. The van der Waals surface area contributed by atoms with Gasteiger partial charge < -0.3 is 33.6 Å². The first-order chi connectivity index (χ1) is 26.1. The van der Waals surface area contributed by atoms with Crippen molar-refractivity contribution in [3.8, 4) is 17.2 Å². The Morgan fingerprint density at radius 2 is 1.59 bits per heavy atom. The Morgan fingerprint density at radius 1 is 0.870 bits per heavy atom. The second kappa shape index (κ2) is 14.5. The van der Waals surface area contributed by atoms with Gasteiger partial charge in [-0.1, -0.05) is 35.9 Å². The number of pyridine rings is 1. The van der Waals surface area contributed by atoms with Gasteiger partial charge >= 0.3 is 0 Å². The van der Waals surface area contributed by atoms with Gasteiger partial charge in [-0.15, -0.1) is 0 Å². The van der Waals surface area contributed by atoms with Gasteiger partial charge in [0.1, 0.15) is 59.7 Å². The molecule has 0 bridgehead atoms. The maximum Gasteiger partial charge on any atom is 0.164 e. The van der Waals surface area contributed by atoms with Crippen LogP contribution in [0.4, 0.5) is 10.2 Å². The summed E-state index contributed by atoms with van der Waals surface area (Å²) in [5.41, 5.74) is 6.43. The predicted octanol–water partition coefficient (Wildman–Crippen LogP) is 8.66. The lowest BCUT2D eigenvalue weighted by Gasteiger charge is -2.25. The molecule has 3 atom stereocenters. The normalized spacial score (nSPS) is 19.1. The van der Waals surface area contributed by atoms with E-state index < -0.39 is 11.6 Å². The molecule has 8 rings (SSSR count). The number of nitrogens with zero attached hydrogens (tertiary/aromatic N) is 4. The molecule has 278 valence electrons. The van der Waals surface area contributed by atoms with Gasteiger partial charge in [-0.2, -0.15) is 0 Å². The van der Waals surface area contributed by atoms with Crippen LogP contribution in [-0.4, -0.2) is 58.3 Å². The molecule has 1 aliphatic carbocycles. The second-order valence-corrected chi connectivity index (χ2v) is 14.5. The van der Waals surface area contributed by atoms with E-state index in [9.17, 15) is 0 Å². The zero-order valence-electron chi connectivity index (χ0n) is 30.7. The summed E-state index contributed by atoms with van der Waals surface area (Å²) in [5.74, 6) is 1.10. The van der Waals surface area contributed by atoms with Crippen molar-refractivity contribution < 1.29 is 28.1 Å². The van der Waals surface area contributed by atoms with Crippen LogP contribution < -0.4 is 19.5 Å². The van der Waals surface area contributed by atoms with Crippen molar-refractivity contribution in [1.29, 1.82) is 0 Å². The molecular weight excluding hydrogens is 709 g/mol. The van der Waals surface area contributed by atoms with Crippen LogP contribution in [0.2, 0.25) is 5.02 Å². The van der Waals surface area contributed by atoms with Crippen LogP contribution in [0.15, 0.2) is 96.5 Å². The minimum atomic E-state index is -0.811. The SMILES string of the molecule is COc1ccc(CCc2ncnc3c2ccn3[C@@H]2C(C)=C(COc3cc(F)c4cc(Cl)c(NCc5ccc(OC)cc5)nc4c3)[C@H]3OC(C)(C)O[C@H]32)cc1. The molecule has 3 aromatic heterocycles. The summed E-state index contributed by atoms with van der Waals surface area (Å²) in [6.07, 6.45) is 4.59. The summed E-state index contributed by atoms with van der Waals surface area (Å²) >= 11 is 6.53. The van der Waals surface area contributed by atoms with Crippen LogP contribution in [-0.2, 0) is 28.9 Å². The smallest absolute Gasteiger partial charge is 0.164 e. The number of ether oxygens (including phenoxy) is 5. The fourth-order valence-corrected chi connectivity index (χ4v) is 7.71. The summed E-state index contributed by atoms with van der Waals surface area (Å²) in [6, 6.07) is 22.3. The molecule has 4 heterocycles. The van der Waals surface area contributed by atoms with Crippen molar-refractivity contribution in [3.63, 3.8) is 0 Å². The first-order valence-corrected chi connectivity index (χ1v) is 18.3. The molecule has 0 amide bonds. The van der Waals surface area contributed by atoms with Crippen molar-refractivity contribution in [3.05, 3.63) is 124 Å². The average Bonchev–Trinajstić information content (AvgIpc) is 3.81. The number of methoxy groups -OCH3 is 2. The highest BCUT2D eigenvalue weighted by molar-refractivity contribution is 6.33. The molecule has 0 saturated carbocycles. The van der Waals surface area contributed by atoms with E-state index in [4.69, 9.17) is 40.3 Å². The predicted molar refractivity (Wildman–Crippen MR) is 206 cm³/mol. The standard InChI is InChI=1S/C42H41ClFN5O5/c1-24-32(22-52-29-18-34(44)31-20-33(43)40(48-36(31)19-29)45-21-26-8-13-28(51-5)14-9-26)38-39(54-42(2,3)53-38)37(24)49-17-16-30-35(46-23-47-41(30)49)15-10-25-6-11-27(50-4)12-7-25/h6-9,11-14,16-20,23,37-39H,10,15,21-22H2,1-5H3,(H,45,48)/t37-,38-,39+/m1/s1. The van der Waals surface area contributed by atoms with E-state index in [0.29, 0.717) is 34.0 Å². The lowest BCUT2D eigenvalue weighted by atomic mass is 10.1. The van der Waals surface area contributed by atoms with Gasteiger partial charge in [0.05, 0.1) is 36.5 Å². The van der Waals surface area contributed by atoms with Gasteiger partial charge in [0.25, 0.3) is 0 Å². The van der Waals surface area contributed by atoms with Gasteiger partial charge in [-0.05, 0) is 92.3 Å². The van der Waals surface area contributed by atoms with Crippen LogP contribution in [0, 0.1) is 5.82 Å². The fraction of sp³-hybridized carbons (Fsp3) is 0.310. The number of benzene rings is 3. The minimum Gasteiger partial charge on any atom is -0.497 e. The molecule has 54 heavy (non-hydrogen) atoms. The first-order valence-electron chi connectivity index (χ1n) is 17.9. The number of rotatable bonds is 12. The van der Waals surface area contributed by atoms with E-state index in [-0.39, 0.29) is 24.9 Å². The number of halogens is 2. The number of aromatic nitrogens is 4. The Bertz CT molecular complexity index is 2360. The third-order valence-corrected chi connectivity index (χ3v) is 10.5. The van der Waals surface area contributed by atoms with E-state index in [2.05, 4.69) is 51.2 Å². The van der Waals surface area contributed by atoms with Gasteiger partial charge in [-0.3, -0.25) is 0 Å². The summed E-state index contributed by atoms with van der Waals surface area (Å²) in [7, 11) is 3.30. The number of hydrogen-bond acceptors (Lipinski definition) is 9. The van der Waals surface area contributed by atoms with Crippen molar-refractivity contribution >= 4 is 39.4 Å². The third-order valence-electron chi connectivity index (χ3n) is 10.3. The first kappa shape index (κ1) is 35.8. The van der Waals surface area contributed by atoms with E-state index in [0.717, 1.165) is 57.8 Å². The zero-order chi connectivity index (χ0) is 37.6. The Labute approximate surface area is 317 Å². The molecule has 0 spiro atoms. The van der Waals surface area contributed by atoms with Gasteiger partial charge in [0.15, 0.2) is 5.79 Å². The monoisotopic (exact) mass is 749 g/mol. The van der Waals surface area contributed by atoms with Crippen molar-refractivity contribution in [1.82, 2.24) is 19.5 Å². The Hall–Kier alpha value is -5.23. The fourth-order valence-electron chi connectivity index (χ4n) is 7.50. The van der Waals surface area contributed by atoms with E-state index >= 15 is 4.39 Å². The van der Waals surface area contributed by atoms with Gasteiger partial charge in [0, 0.05) is 35.6 Å². The topological polar surface area (TPSA) is 102 Å². The van der Waals surface area contributed by atoms with Crippen LogP contribution in [0.5, 0.6) is 17.2 Å². The largest absolute Gasteiger partial charge is 0.497 e. The summed E-state index contributed by atoms with van der Waals surface area (Å²) in [6.45, 7) is 6.55. The Kier molecular flexibility index (Phi) is 9.64. The van der Waals surface area contributed by atoms with Crippen LogP contribution >= 0.6 is 11.6 Å². The van der Waals surface area contributed by atoms with Crippen molar-refractivity contribution in [2.24, 2.45) is 0 Å². The van der Waals surface area contributed by atoms with Crippen LogP contribution in [0.1, 0.15) is 43.6 Å². The molecule has 10 nitrogen and oxygen atoms in total. The summed E-state index contributed by atoms with van der Waals surface area (Å²) in [5, 5.41) is 4.88. The van der Waals surface area contributed by atoms with Gasteiger partial charge in [-0.25, -0.2) is 19.3 Å². The third kappa shape index (κ3) is 6.95. The lowest BCUT2D eigenvalue weighted by Crippen LogP contribution is -2.29. The maximum atomic E-state index is 15.5. The summed E-state index contributed by atoms with van der Waals surface area (Å²) in [4.78, 5) is 14.1. The Balaban J connectivity index is 1.04. The Morgan fingerprint density at radius 3 is 2.31 bits per heavy atom. The highest BCUT2D eigenvalue weighted by atomic mass is 35.5. The molecular formula is C42H41ClFN5O5. The van der Waals surface area contributed by atoms with Crippen molar-refractivity contribution in [2.75, 3.05) is 26.1 Å². The second-order valence-electron chi connectivity index (χ2n) is 14.1. The highest BCUT2D eigenvalue weighted by Crippen LogP contribution is 2.48. The van der Waals surface area contributed by atoms with E-state index in [1.807, 2.05) is 50.2 Å². The number of aryl methyl sites for hydroxylation is 2. The number of fused-ring (bicyclic) bond motifs is 3. The van der Waals surface area contributed by atoms with Gasteiger partial charge in [0.2, 0.25) is 0 Å². The number of anilines is 1. The molecule has 12 heteroatoms. The minimum absolute atomic E-state index is 0.172. The van der Waals surface area contributed by atoms with Crippen molar-refractivity contribution in [2.45, 2.75) is 64.2 Å². The molecule has 0 unspecified atom stereocenters. The molecule has 2 aliphatic rings. The molecule has 0 radical (unpaired) electrons.